The Morgan fingerprint density at radius 1 is 0.667 bits per heavy atom. The van der Waals surface area contributed by atoms with Crippen molar-refractivity contribution in [2.45, 2.75) is 119 Å². The fourth-order valence-electron chi connectivity index (χ4n) is 8.31. The fraction of sp³-hybridized carbons (Fsp3) is 0.500. The van der Waals surface area contributed by atoms with Gasteiger partial charge in [0, 0.05) is 74.3 Å². The first kappa shape index (κ1) is 49.8. The highest BCUT2D eigenvalue weighted by Crippen LogP contribution is 2.47. The lowest BCUT2D eigenvalue weighted by Gasteiger charge is -2.28. The van der Waals surface area contributed by atoms with Gasteiger partial charge in [-0.2, -0.15) is 0 Å². The van der Waals surface area contributed by atoms with E-state index < -0.39 is 47.6 Å². The van der Waals surface area contributed by atoms with Crippen LogP contribution in [0.15, 0.2) is 84.9 Å². The minimum absolute atomic E-state index is 0.0943. The van der Waals surface area contributed by atoms with Crippen molar-refractivity contribution in [1.29, 1.82) is 0 Å². The van der Waals surface area contributed by atoms with Gasteiger partial charge in [0.25, 0.3) is 0 Å². The number of amides is 1. The van der Waals surface area contributed by atoms with E-state index in [0.717, 1.165) is 43.4 Å². The zero-order chi connectivity index (χ0) is 46.2. The second-order valence-electron chi connectivity index (χ2n) is 18.8. The molecule has 13 heteroatoms. The number of hydrogen-bond acceptors (Lipinski definition) is 8. The molecular weight excluding hydrogens is 813 g/mol. The van der Waals surface area contributed by atoms with Crippen LogP contribution in [0.25, 0.3) is 0 Å². The van der Waals surface area contributed by atoms with Crippen LogP contribution in [0.3, 0.4) is 0 Å². The van der Waals surface area contributed by atoms with E-state index in [2.05, 4.69) is 86.1 Å². The molecule has 6 rings (SSSR count). The number of halogens is 4. The summed E-state index contributed by atoms with van der Waals surface area (Å²) in [6.45, 7) is 11.7. The monoisotopic (exact) mass is 878 g/mol. The molecule has 2 aliphatic carbocycles. The van der Waals surface area contributed by atoms with Gasteiger partial charge in [-0.15, -0.1) is 0 Å². The third kappa shape index (κ3) is 13.9. The van der Waals surface area contributed by atoms with Crippen LogP contribution >= 0.6 is 0 Å². The lowest BCUT2D eigenvalue weighted by Crippen LogP contribution is -2.49. The smallest absolute Gasteiger partial charge is 0.217 e. The lowest BCUT2D eigenvalue weighted by molar-refractivity contribution is -0.120. The Balaban J connectivity index is 0.000000239. The Bertz CT molecular complexity index is 2100. The molecule has 7 N–H and O–H groups in total. The maximum atomic E-state index is 13.6. The Hall–Kier alpha value is -4.21. The van der Waals surface area contributed by atoms with Gasteiger partial charge < -0.3 is 41.4 Å². The summed E-state index contributed by atoms with van der Waals surface area (Å²) in [6.07, 6.45) is 2.39. The zero-order valence-electron chi connectivity index (χ0n) is 37.7. The van der Waals surface area contributed by atoms with E-state index in [9.17, 15) is 32.6 Å². The van der Waals surface area contributed by atoms with E-state index in [0.29, 0.717) is 30.9 Å². The molecule has 0 aromatic heterocycles. The van der Waals surface area contributed by atoms with E-state index in [1.165, 1.54) is 47.9 Å². The highest BCUT2D eigenvalue weighted by atomic mass is 19.1. The standard InChI is InChI=1S/C26H34F2N2O3.C24H32F2N2O2/c1-17(31)30-23(12-18-10-21(27)14-22(28)11-18)24(32)15-29-26(8-9-26)20-7-5-6-19(13-20)25(2,3)16-33-4;1-23(2,15-30-3)17-5-4-6-18(12-17)24(7-8-24)28-14-22(29)21(27)11-16-9-19(25)13-20(26)10-16/h5-7,10-11,13-14,23-24,29,32H,8-9,12,15-16H2,1-4H3,(H,30,31);4-6,9-10,12-13,21-22,28-29H,7-8,11,14-15,27H2,1-3H3. The number of methoxy groups -OCH3 is 2. The predicted octanol–water partition coefficient (Wildman–Crippen LogP) is 6.97. The third-order valence-corrected chi connectivity index (χ3v) is 12.3. The highest BCUT2D eigenvalue weighted by molar-refractivity contribution is 5.73. The average Bonchev–Trinajstić information content (AvgIpc) is 4.15. The van der Waals surface area contributed by atoms with Crippen molar-refractivity contribution in [1.82, 2.24) is 16.0 Å². The molecule has 4 atom stereocenters. The summed E-state index contributed by atoms with van der Waals surface area (Å²) in [5, 5.41) is 31.1. The Kier molecular flexibility index (Phi) is 16.7. The highest BCUT2D eigenvalue weighted by Gasteiger charge is 2.46. The van der Waals surface area contributed by atoms with Gasteiger partial charge in [0.1, 0.15) is 23.3 Å². The molecule has 0 heterocycles. The molecule has 0 saturated heterocycles. The molecule has 1 amide bonds. The maximum absolute atomic E-state index is 13.6. The number of aliphatic hydroxyl groups excluding tert-OH is 2. The van der Waals surface area contributed by atoms with Crippen LogP contribution in [-0.2, 0) is 49.0 Å². The Morgan fingerprint density at radius 3 is 1.44 bits per heavy atom. The number of carbonyl (C=O) groups excluding carboxylic acids is 1. The van der Waals surface area contributed by atoms with E-state index in [1.54, 1.807) is 14.2 Å². The largest absolute Gasteiger partial charge is 0.390 e. The molecule has 2 fully saturated rings. The molecule has 4 aromatic rings. The molecular formula is C50H66F4N4O5. The molecule has 9 nitrogen and oxygen atoms in total. The van der Waals surface area contributed by atoms with Crippen LogP contribution in [0.4, 0.5) is 17.6 Å². The van der Waals surface area contributed by atoms with Gasteiger partial charge in [-0.1, -0.05) is 76.2 Å². The van der Waals surface area contributed by atoms with Gasteiger partial charge in [-0.05, 0) is 96.2 Å². The summed E-state index contributed by atoms with van der Waals surface area (Å²) < 4.78 is 64.7. The molecule has 2 aliphatic rings. The first-order valence-corrected chi connectivity index (χ1v) is 21.7. The van der Waals surface area contributed by atoms with Crippen molar-refractivity contribution in [3.05, 3.63) is 142 Å². The van der Waals surface area contributed by atoms with Gasteiger partial charge in [-0.3, -0.25) is 4.79 Å². The van der Waals surface area contributed by atoms with Crippen LogP contribution in [0.5, 0.6) is 0 Å². The predicted molar refractivity (Wildman–Crippen MR) is 238 cm³/mol. The van der Waals surface area contributed by atoms with Crippen LogP contribution in [0, 0.1) is 23.3 Å². The second kappa shape index (κ2) is 21.2. The maximum Gasteiger partial charge on any atom is 0.217 e. The second-order valence-corrected chi connectivity index (χ2v) is 18.8. The summed E-state index contributed by atoms with van der Waals surface area (Å²) in [7, 11) is 3.40. The Morgan fingerprint density at radius 2 is 1.06 bits per heavy atom. The first-order valence-electron chi connectivity index (χ1n) is 21.7. The molecule has 0 aliphatic heterocycles. The summed E-state index contributed by atoms with van der Waals surface area (Å²) in [5.74, 6) is -2.97. The average molecular weight is 879 g/mol. The number of rotatable bonds is 21. The number of ether oxygens (including phenoxy) is 2. The van der Waals surface area contributed by atoms with E-state index in [1.807, 2.05) is 6.07 Å². The van der Waals surface area contributed by atoms with Crippen LogP contribution in [0.1, 0.15) is 93.7 Å². The van der Waals surface area contributed by atoms with Crippen LogP contribution in [0.2, 0.25) is 0 Å². The topological polar surface area (TPSA) is 138 Å². The Labute approximate surface area is 370 Å². The van der Waals surface area contributed by atoms with Crippen LogP contribution in [-0.4, -0.2) is 80.9 Å². The summed E-state index contributed by atoms with van der Waals surface area (Å²) in [4.78, 5) is 11.7. The van der Waals surface area contributed by atoms with Gasteiger partial charge in [0.2, 0.25) is 5.91 Å². The van der Waals surface area contributed by atoms with Gasteiger partial charge in [0.15, 0.2) is 0 Å². The molecule has 63 heavy (non-hydrogen) atoms. The van der Waals surface area contributed by atoms with E-state index in [-0.39, 0.29) is 47.2 Å². The molecule has 344 valence electrons. The summed E-state index contributed by atoms with van der Waals surface area (Å²) in [6, 6.07) is 22.1. The quantitative estimate of drug-likeness (QED) is 0.0494. The number of benzene rings is 4. The van der Waals surface area contributed by atoms with Gasteiger partial charge >= 0.3 is 0 Å². The summed E-state index contributed by atoms with van der Waals surface area (Å²) in [5.41, 5.74) is 11.0. The van der Waals surface area contributed by atoms with Crippen molar-refractivity contribution < 1.29 is 42.0 Å². The van der Waals surface area contributed by atoms with Crippen molar-refractivity contribution in [3.63, 3.8) is 0 Å². The van der Waals surface area contributed by atoms with E-state index >= 15 is 0 Å². The van der Waals surface area contributed by atoms with Crippen molar-refractivity contribution in [2.75, 3.05) is 40.5 Å². The summed E-state index contributed by atoms with van der Waals surface area (Å²) >= 11 is 0. The molecule has 0 radical (unpaired) electrons. The number of nitrogens with two attached hydrogens (primary N) is 1. The van der Waals surface area contributed by atoms with Gasteiger partial charge in [-0.25, -0.2) is 17.6 Å². The fourth-order valence-corrected chi connectivity index (χ4v) is 8.31. The lowest BCUT2D eigenvalue weighted by atomic mass is 9.83. The molecule has 4 unspecified atom stereocenters. The zero-order valence-corrected chi connectivity index (χ0v) is 37.7. The normalized spacial score (nSPS) is 17.2. The van der Waals surface area contributed by atoms with Crippen molar-refractivity contribution >= 4 is 5.91 Å². The third-order valence-electron chi connectivity index (χ3n) is 12.3. The van der Waals surface area contributed by atoms with Crippen molar-refractivity contribution in [2.24, 2.45) is 5.73 Å². The molecule has 4 aromatic carbocycles. The van der Waals surface area contributed by atoms with Gasteiger partial charge in [0.05, 0.1) is 31.5 Å². The minimum Gasteiger partial charge on any atom is -0.390 e. The van der Waals surface area contributed by atoms with Crippen molar-refractivity contribution in [3.8, 4) is 0 Å². The number of aliphatic hydroxyl groups is 2. The van der Waals surface area contributed by atoms with E-state index in [4.69, 9.17) is 15.2 Å². The molecule has 0 bridgehead atoms. The minimum atomic E-state index is -0.939. The number of nitrogens with one attached hydrogen (secondary N) is 3. The number of hydrogen-bond donors (Lipinski definition) is 6. The molecule has 2 saturated carbocycles. The number of carbonyl (C=O) groups is 1. The SMILES string of the molecule is COCC(C)(C)c1cccc(C2(NCC(O)C(Cc3cc(F)cc(F)c3)NC(C)=O)CC2)c1.COCC(C)(C)c1cccc(C2(NCC(O)C(N)Cc3cc(F)cc(F)c3)CC2)c1. The molecule has 0 spiro atoms. The first-order chi connectivity index (χ1) is 29.7. The van der Waals surface area contributed by atoms with Crippen LogP contribution < -0.4 is 21.7 Å².